The van der Waals surface area contributed by atoms with E-state index >= 15 is 0 Å². The van der Waals surface area contributed by atoms with Gasteiger partial charge in [0.2, 0.25) is 0 Å². The number of hydrogen-bond acceptors (Lipinski definition) is 1. The first-order valence-corrected chi connectivity index (χ1v) is 8.61. The van der Waals surface area contributed by atoms with Crippen LogP contribution in [0, 0.1) is 0 Å². The minimum absolute atomic E-state index is 0.426. The summed E-state index contributed by atoms with van der Waals surface area (Å²) in [6.07, 6.45) is 0. The van der Waals surface area contributed by atoms with E-state index in [4.69, 9.17) is 0 Å². The second-order valence-electron chi connectivity index (χ2n) is 4.92. The Kier molecular flexibility index (Phi) is 10.8. The molecule has 124 valence electrons. The van der Waals surface area contributed by atoms with Gasteiger partial charge < -0.3 is 5.02 Å². The van der Waals surface area contributed by atoms with Crippen molar-refractivity contribution in [1.82, 2.24) is 0 Å². The largest absolute Gasteiger partial charge is 0.447 e. The minimum atomic E-state index is -0.426. The molecule has 0 amide bonds. The van der Waals surface area contributed by atoms with E-state index in [1.54, 1.807) is 6.82 Å². The lowest BCUT2D eigenvalue weighted by molar-refractivity contribution is 0.594. The van der Waals surface area contributed by atoms with Gasteiger partial charge in [-0.05, 0) is 41.6 Å². The molecule has 0 bridgehead atoms. The van der Waals surface area contributed by atoms with E-state index in [9.17, 15) is 5.02 Å². The molecular formula is C21H31BO. The molecule has 0 radical (unpaired) electrons. The van der Waals surface area contributed by atoms with Crippen LogP contribution in [0.15, 0.2) is 54.6 Å². The monoisotopic (exact) mass is 310 g/mol. The van der Waals surface area contributed by atoms with Gasteiger partial charge in [0.1, 0.15) is 0 Å². The highest BCUT2D eigenvalue weighted by Gasteiger charge is 2.08. The molecule has 0 saturated carbocycles. The highest BCUT2D eigenvalue weighted by molar-refractivity contribution is 6.64. The smallest absolute Gasteiger partial charge is 0.320 e. The van der Waals surface area contributed by atoms with Crippen molar-refractivity contribution >= 4 is 23.5 Å². The molecule has 2 heteroatoms. The Balaban J connectivity index is 0.00000112. The fourth-order valence-electron chi connectivity index (χ4n) is 2.15. The molecule has 1 nitrogen and oxygen atoms in total. The lowest BCUT2D eigenvalue weighted by Crippen LogP contribution is -2.26. The summed E-state index contributed by atoms with van der Waals surface area (Å²) >= 11 is 0. The van der Waals surface area contributed by atoms with E-state index in [0.29, 0.717) is 0 Å². The van der Waals surface area contributed by atoms with Gasteiger partial charge in [-0.15, -0.1) is 0 Å². The predicted molar refractivity (Wildman–Crippen MR) is 107 cm³/mol. The van der Waals surface area contributed by atoms with Crippen LogP contribution in [0.5, 0.6) is 0 Å². The highest BCUT2D eigenvalue weighted by Crippen LogP contribution is 2.24. The number of allylic oxidation sites excluding steroid dienone is 2. The van der Waals surface area contributed by atoms with Gasteiger partial charge in [-0.25, -0.2) is 0 Å². The van der Waals surface area contributed by atoms with Crippen LogP contribution < -0.4 is 5.46 Å². The predicted octanol–water partition coefficient (Wildman–Crippen LogP) is 5.51. The highest BCUT2D eigenvalue weighted by atomic mass is 16.2. The van der Waals surface area contributed by atoms with Gasteiger partial charge in [-0.3, -0.25) is 0 Å². The van der Waals surface area contributed by atoms with Crippen LogP contribution in [0.25, 0.3) is 11.1 Å². The van der Waals surface area contributed by atoms with Crippen LogP contribution in [0.2, 0.25) is 6.82 Å². The van der Waals surface area contributed by atoms with E-state index in [2.05, 4.69) is 50.2 Å². The molecule has 0 atom stereocenters. The summed E-state index contributed by atoms with van der Waals surface area (Å²) < 4.78 is 0. The molecule has 0 aliphatic carbocycles. The van der Waals surface area contributed by atoms with Gasteiger partial charge in [0, 0.05) is 0 Å². The third kappa shape index (κ3) is 6.46. The second-order valence-corrected chi connectivity index (χ2v) is 4.92. The SMILES string of the molecule is CB(O)c1cccc(/C(C)=C(\C)c2ccccc2)c1.CC.CC. The Labute approximate surface area is 143 Å². The van der Waals surface area contributed by atoms with Gasteiger partial charge >= 0.3 is 6.92 Å². The number of rotatable bonds is 3. The van der Waals surface area contributed by atoms with Crippen LogP contribution >= 0.6 is 0 Å². The summed E-state index contributed by atoms with van der Waals surface area (Å²) in [5.41, 5.74) is 5.87. The summed E-state index contributed by atoms with van der Waals surface area (Å²) in [4.78, 5) is 0. The molecule has 0 heterocycles. The summed E-state index contributed by atoms with van der Waals surface area (Å²) in [6.45, 7) is 13.6. The van der Waals surface area contributed by atoms with Crippen molar-refractivity contribution in [2.45, 2.75) is 48.4 Å². The minimum Gasteiger partial charge on any atom is -0.447 e. The van der Waals surface area contributed by atoms with Crippen molar-refractivity contribution in [3.8, 4) is 0 Å². The van der Waals surface area contributed by atoms with Crippen molar-refractivity contribution in [3.05, 3.63) is 65.7 Å². The van der Waals surface area contributed by atoms with E-state index in [1.807, 2.05) is 45.9 Å². The van der Waals surface area contributed by atoms with Gasteiger partial charge in [0.15, 0.2) is 0 Å². The molecule has 0 aliphatic rings. The average molecular weight is 310 g/mol. The van der Waals surface area contributed by atoms with Gasteiger partial charge in [-0.1, -0.05) is 89.1 Å². The molecule has 2 rings (SSSR count). The molecule has 0 spiro atoms. The van der Waals surface area contributed by atoms with Crippen molar-refractivity contribution in [2.75, 3.05) is 0 Å². The number of hydrogen-bond donors (Lipinski definition) is 1. The molecule has 2 aromatic carbocycles. The maximum Gasteiger partial charge on any atom is 0.320 e. The summed E-state index contributed by atoms with van der Waals surface area (Å²) in [5, 5.41) is 9.67. The molecule has 23 heavy (non-hydrogen) atoms. The van der Waals surface area contributed by atoms with Crippen molar-refractivity contribution < 1.29 is 5.02 Å². The van der Waals surface area contributed by atoms with E-state index in [-0.39, 0.29) is 0 Å². The maximum atomic E-state index is 9.67. The van der Waals surface area contributed by atoms with Crippen LogP contribution in [-0.2, 0) is 0 Å². The maximum absolute atomic E-state index is 9.67. The average Bonchev–Trinajstić information content (AvgIpc) is 2.64. The number of benzene rings is 2. The summed E-state index contributed by atoms with van der Waals surface area (Å²) in [5.74, 6) is 0. The summed E-state index contributed by atoms with van der Waals surface area (Å²) in [7, 11) is 0. The van der Waals surface area contributed by atoms with Gasteiger partial charge in [0.05, 0.1) is 0 Å². The first-order valence-electron chi connectivity index (χ1n) is 8.61. The zero-order chi connectivity index (χ0) is 17.8. The fourth-order valence-corrected chi connectivity index (χ4v) is 2.15. The van der Waals surface area contributed by atoms with Crippen LogP contribution in [0.4, 0.5) is 0 Å². The Morgan fingerprint density at radius 1 is 0.739 bits per heavy atom. The van der Waals surface area contributed by atoms with E-state index < -0.39 is 6.92 Å². The lowest BCUT2D eigenvalue weighted by atomic mass is 9.64. The standard InChI is InChI=1S/C17H19BO.2C2H6/c1-13(15-8-5-4-6-9-15)14(2)16-10-7-11-17(12-16)18(3)19;2*1-2/h4-12,19H,1-3H3;2*1-2H3/b14-13+;;. The van der Waals surface area contributed by atoms with Crippen molar-refractivity contribution in [1.29, 1.82) is 0 Å². The Morgan fingerprint density at radius 2 is 1.22 bits per heavy atom. The van der Waals surface area contributed by atoms with E-state index in [0.717, 1.165) is 5.46 Å². The Bertz CT molecular complexity index is 586. The Morgan fingerprint density at radius 3 is 1.74 bits per heavy atom. The van der Waals surface area contributed by atoms with Gasteiger partial charge in [-0.2, -0.15) is 0 Å². The zero-order valence-electron chi connectivity index (χ0n) is 15.7. The third-order valence-corrected chi connectivity index (χ3v) is 3.57. The quantitative estimate of drug-likeness (QED) is 0.585. The lowest BCUT2D eigenvalue weighted by Gasteiger charge is -2.10. The molecule has 0 fully saturated rings. The molecule has 0 aliphatic heterocycles. The zero-order valence-corrected chi connectivity index (χ0v) is 15.7. The molecule has 0 saturated heterocycles. The van der Waals surface area contributed by atoms with Crippen molar-refractivity contribution in [2.24, 2.45) is 0 Å². The van der Waals surface area contributed by atoms with E-state index in [1.165, 1.54) is 22.3 Å². The first-order chi connectivity index (χ1) is 11.1. The molecule has 1 N–H and O–H groups in total. The van der Waals surface area contributed by atoms with Crippen LogP contribution in [-0.4, -0.2) is 11.9 Å². The molecule has 0 aromatic heterocycles. The topological polar surface area (TPSA) is 20.2 Å². The Hall–Kier alpha value is -1.80. The van der Waals surface area contributed by atoms with Crippen molar-refractivity contribution in [3.63, 3.8) is 0 Å². The van der Waals surface area contributed by atoms with Gasteiger partial charge in [0.25, 0.3) is 0 Å². The fraction of sp³-hybridized carbons (Fsp3) is 0.333. The molecular weight excluding hydrogens is 279 g/mol. The summed E-state index contributed by atoms with van der Waals surface area (Å²) in [6, 6.07) is 18.5. The van der Waals surface area contributed by atoms with Crippen LogP contribution in [0.3, 0.4) is 0 Å². The molecule has 0 unspecified atom stereocenters. The third-order valence-electron chi connectivity index (χ3n) is 3.57. The van der Waals surface area contributed by atoms with Crippen LogP contribution in [0.1, 0.15) is 52.7 Å². The first kappa shape index (κ1) is 21.2. The second kappa shape index (κ2) is 11.7. The molecule has 2 aromatic rings. The normalized spacial score (nSPS) is 10.4.